The molecule has 4 rings (SSSR count). The molecule has 0 spiro atoms. The number of likely N-dealkylation sites (tertiary alicyclic amines) is 1. The van der Waals surface area contributed by atoms with E-state index < -0.39 is 20.8 Å². The van der Waals surface area contributed by atoms with Crippen molar-refractivity contribution in [2.24, 2.45) is 5.10 Å². The van der Waals surface area contributed by atoms with Gasteiger partial charge < -0.3 is 4.90 Å². The van der Waals surface area contributed by atoms with E-state index in [1.165, 1.54) is 28.1 Å². The Morgan fingerprint density at radius 3 is 2.46 bits per heavy atom. The minimum atomic E-state index is -4.01. The lowest BCUT2D eigenvalue weighted by Crippen LogP contribution is -2.42. The van der Waals surface area contributed by atoms with Crippen LogP contribution in [0.15, 0.2) is 52.5 Å². The Balaban J connectivity index is 1.79. The molecule has 6 nitrogen and oxygen atoms in total. The van der Waals surface area contributed by atoms with Crippen molar-refractivity contribution >= 4 is 26.5 Å². The van der Waals surface area contributed by atoms with Gasteiger partial charge in [-0.05, 0) is 55.2 Å². The van der Waals surface area contributed by atoms with Crippen molar-refractivity contribution in [2.45, 2.75) is 31.2 Å². The number of fused-ring (bicyclic) bond motifs is 1. The van der Waals surface area contributed by atoms with E-state index in [1.54, 1.807) is 24.3 Å². The normalized spacial score (nSPS) is 18.0. The molecule has 2 aliphatic heterocycles. The van der Waals surface area contributed by atoms with Crippen molar-refractivity contribution in [2.75, 3.05) is 18.1 Å². The summed E-state index contributed by atoms with van der Waals surface area (Å²) in [4.78, 5) is 14.5. The smallest absolute Gasteiger partial charge is 0.286 e. The van der Waals surface area contributed by atoms with Crippen molar-refractivity contribution in [1.82, 2.24) is 4.90 Å². The van der Waals surface area contributed by atoms with Gasteiger partial charge in [0.15, 0.2) is 0 Å². The van der Waals surface area contributed by atoms with Crippen LogP contribution in [0.3, 0.4) is 0 Å². The Labute approximate surface area is 163 Å². The van der Waals surface area contributed by atoms with Gasteiger partial charge in [-0.1, -0.05) is 18.2 Å². The van der Waals surface area contributed by atoms with Gasteiger partial charge in [-0.3, -0.25) is 9.80 Å². The summed E-state index contributed by atoms with van der Waals surface area (Å²) >= 11 is 0. The lowest BCUT2D eigenvalue weighted by Gasteiger charge is -2.29. The van der Waals surface area contributed by atoms with Crippen LogP contribution in [-0.4, -0.2) is 37.4 Å². The maximum Gasteiger partial charge on any atom is 0.286 e. The van der Waals surface area contributed by atoms with Crippen LogP contribution in [-0.2, 0) is 21.2 Å². The largest absolute Gasteiger partial charge is 0.337 e. The molecule has 0 aromatic heterocycles. The van der Waals surface area contributed by atoms with Gasteiger partial charge in [-0.25, -0.2) is 12.8 Å². The fourth-order valence-corrected chi connectivity index (χ4v) is 4.93. The second-order valence-electron chi connectivity index (χ2n) is 7.06. The minimum absolute atomic E-state index is 0.0674. The van der Waals surface area contributed by atoms with E-state index in [2.05, 4.69) is 5.10 Å². The molecule has 0 N–H and O–H groups in total. The molecule has 1 fully saturated rings. The minimum Gasteiger partial charge on any atom is -0.337 e. The molecule has 0 aliphatic carbocycles. The average molecular weight is 401 g/mol. The molecule has 1 amide bonds. The number of hydrogen-bond donors (Lipinski definition) is 0. The summed E-state index contributed by atoms with van der Waals surface area (Å²) in [6, 6.07) is 10.9. The topological polar surface area (TPSA) is 70.1 Å². The number of rotatable bonds is 3. The maximum absolute atomic E-state index is 13.2. The van der Waals surface area contributed by atoms with Crippen LogP contribution >= 0.6 is 0 Å². The second-order valence-corrected chi connectivity index (χ2v) is 8.90. The fourth-order valence-electron chi connectivity index (χ4n) is 3.47. The Morgan fingerprint density at radius 1 is 1.11 bits per heavy atom. The number of sulfone groups is 1. The van der Waals surface area contributed by atoms with Gasteiger partial charge in [-0.15, -0.1) is 0 Å². The first-order valence-electron chi connectivity index (χ1n) is 9.12. The van der Waals surface area contributed by atoms with Crippen molar-refractivity contribution in [1.29, 1.82) is 0 Å². The number of anilines is 1. The first-order chi connectivity index (χ1) is 13.4. The van der Waals surface area contributed by atoms with Gasteiger partial charge >= 0.3 is 0 Å². The van der Waals surface area contributed by atoms with Crippen molar-refractivity contribution in [3.63, 3.8) is 0 Å². The highest BCUT2D eigenvalue weighted by Gasteiger charge is 2.39. The van der Waals surface area contributed by atoms with Gasteiger partial charge in [0.25, 0.3) is 5.91 Å². The molecule has 0 saturated carbocycles. The standard InChI is InChI=1S/C20H20FN3O3S/c1-14-4-9-18-17(12-14)24(13-15-5-7-16(21)8-6-15)22-19(28(18,26)27)20(25)23-10-2-3-11-23/h4-9,12H,2-3,10-11,13H2,1H3. The summed E-state index contributed by atoms with van der Waals surface area (Å²) in [5.74, 6) is -0.914. The summed E-state index contributed by atoms with van der Waals surface area (Å²) in [5.41, 5.74) is 2.05. The highest BCUT2D eigenvalue weighted by Crippen LogP contribution is 2.34. The first kappa shape index (κ1) is 18.6. The Bertz CT molecular complexity index is 1060. The van der Waals surface area contributed by atoms with Crippen LogP contribution in [0.5, 0.6) is 0 Å². The second kappa shape index (κ2) is 7.01. The number of amides is 1. The Morgan fingerprint density at radius 2 is 1.79 bits per heavy atom. The molecule has 8 heteroatoms. The van der Waals surface area contributed by atoms with Gasteiger partial charge in [0.05, 0.1) is 17.1 Å². The number of nitrogens with zero attached hydrogens (tertiary/aromatic N) is 3. The Hall–Kier alpha value is -2.74. The zero-order chi connectivity index (χ0) is 19.9. The lowest BCUT2D eigenvalue weighted by atomic mass is 10.2. The zero-order valence-corrected chi connectivity index (χ0v) is 16.2. The van der Waals surface area contributed by atoms with Crippen LogP contribution in [0.1, 0.15) is 24.0 Å². The molecule has 0 radical (unpaired) electrons. The van der Waals surface area contributed by atoms with E-state index in [9.17, 15) is 17.6 Å². The number of hydrazone groups is 1. The summed E-state index contributed by atoms with van der Waals surface area (Å²) in [6.45, 7) is 3.15. The maximum atomic E-state index is 13.2. The zero-order valence-electron chi connectivity index (χ0n) is 15.4. The predicted molar refractivity (Wildman–Crippen MR) is 104 cm³/mol. The molecule has 0 unspecified atom stereocenters. The van der Waals surface area contributed by atoms with E-state index in [1.807, 2.05) is 6.92 Å². The molecular weight excluding hydrogens is 381 g/mol. The molecule has 1 saturated heterocycles. The summed E-state index contributed by atoms with van der Waals surface area (Å²) < 4.78 is 39.4. The quantitative estimate of drug-likeness (QED) is 0.793. The van der Waals surface area contributed by atoms with E-state index in [4.69, 9.17) is 0 Å². The third-order valence-corrected chi connectivity index (χ3v) is 6.66. The molecule has 2 aromatic carbocycles. The third kappa shape index (κ3) is 3.28. The summed E-state index contributed by atoms with van der Waals surface area (Å²) in [7, 11) is -4.01. The van der Waals surface area contributed by atoms with E-state index in [0.29, 0.717) is 18.8 Å². The lowest BCUT2D eigenvalue weighted by molar-refractivity contribution is -0.122. The van der Waals surface area contributed by atoms with Crippen molar-refractivity contribution in [3.8, 4) is 0 Å². The van der Waals surface area contributed by atoms with Crippen LogP contribution in [0.2, 0.25) is 0 Å². The molecule has 146 valence electrons. The van der Waals surface area contributed by atoms with Gasteiger partial charge in [0, 0.05) is 13.1 Å². The van der Waals surface area contributed by atoms with Crippen LogP contribution < -0.4 is 5.01 Å². The highest BCUT2D eigenvalue weighted by atomic mass is 32.2. The molecule has 28 heavy (non-hydrogen) atoms. The molecule has 0 bridgehead atoms. The number of halogens is 1. The van der Waals surface area contributed by atoms with Crippen LogP contribution in [0, 0.1) is 12.7 Å². The highest BCUT2D eigenvalue weighted by molar-refractivity contribution is 8.08. The number of benzene rings is 2. The number of hydrogen-bond acceptors (Lipinski definition) is 5. The predicted octanol–water partition coefficient (Wildman–Crippen LogP) is 2.86. The number of aryl methyl sites for hydroxylation is 1. The van der Waals surface area contributed by atoms with Gasteiger partial charge in [0.2, 0.25) is 14.9 Å². The van der Waals surface area contributed by atoms with Crippen molar-refractivity contribution < 1.29 is 17.6 Å². The molecule has 2 aliphatic rings. The average Bonchev–Trinajstić information content (AvgIpc) is 3.20. The third-order valence-electron chi connectivity index (χ3n) is 4.97. The Kier molecular flexibility index (Phi) is 4.66. The van der Waals surface area contributed by atoms with E-state index in [-0.39, 0.29) is 17.3 Å². The number of carbonyl (C=O) groups is 1. The molecule has 2 aromatic rings. The van der Waals surface area contributed by atoms with Crippen molar-refractivity contribution in [3.05, 3.63) is 59.4 Å². The molecular formula is C20H20FN3O3S. The monoisotopic (exact) mass is 401 g/mol. The first-order valence-corrected chi connectivity index (χ1v) is 10.6. The van der Waals surface area contributed by atoms with Crippen LogP contribution in [0.25, 0.3) is 0 Å². The molecule has 0 atom stereocenters. The number of carbonyl (C=O) groups excluding carboxylic acids is 1. The SMILES string of the molecule is Cc1ccc2c(c1)N(Cc1ccc(F)cc1)N=C(C(=O)N1CCCC1)S2(=O)=O. The molecule has 2 heterocycles. The fraction of sp³-hybridized carbons (Fsp3) is 0.300. The van der Waals surface area contributed by atoms with E-state index in [0.717, 1.165) is 24.0 Å². The van der Waals surface area contributed by atoms with E-state index >= 15 is 0 Å². The van der Waals surface area contributed by atoms with Gasteiger partial charge in [-0.2, -0.15) is 5.10 Å². The van der Waals surface area contributed by atoms with Crippen LogP contribution in [0.4, 0.5) is 10.1 Å². The summed E-state index contributed by atoms with van der Waals surface area (Å²) in [5, 5.41) is 5.32. The van der Waals surface area contributed by atoms with Gasteiger partial charge in [0.1, 0.15) is 5.82 Å². The summed E-state index contributed by atoms with van der Waals surface area (Å²) in [6.07, 6.45) is 1.71.